The fourth-order valence-electron chi connectivity index (χ4n) is 2.61. The Morgan fingerprint density at radius 3 is 2.75 bits per heavy atom. The predicted octanol–water partition coefficient (Wildman–Crippen LogP) is 3.66. The number of hydrogen-bond acceptors (Lipinski definition) is 2. The van der Waals surface area contributed by atoms with Crippen LogP contribution in [0.15, 0.2) is 42.6 Å². The normalized spacial score (nSPS) is 11.0. The van der Waals surface area contributed by atoms with E-state index < -0.39 is 0 Å². The van der Waals surface area contributed by atoms with Crippen LogP contribution in [-0.2, 0) is 12.8 Å². The maximum Gasteiger partial charge on any atom is 0.270 e. The van der Waals surface area contributed by atoms with E-state index in [1.54, 1.807) is 34.9 Å². The summed E-state index contributed by atoms with van der Waals surface area (Å²) in [5, 5.41) is 3.49. The first-order valence-corrected chi connectivity index (χ1v) is 8.15. The van der Waals surface area contributed by atoms with Gasteiger partial charge >= 0.3 is 0 Å². The van der Waals surface area contributed by atoms with Gasteiger partial charge in [0.2, 0.25) is 0 Å². The molecule has 0 aliphatic rings. The Bertz CT molecular complexity index is 874. The third-order valence-electron chi connectivity index (χ3n) is 3.82. The Balaban J connectivity index is 1.74. The van der Waals surface area contributed by atoms with Gasteiger partial charge in [0.15, 0.2) is 0 Å². The molecule has 1 aromatic carbocycles. The van der Waals surface area contributed by atoms with Crippen LogP contribution in [0.3, 0.4) is 0 Å². The molecule has 0 saturated carbocycles. The first-order valence-electron chi connectivity index (χ1n) is 7.77. The van der Waals surface area contributed by atoms with Crippen molar-refractivity contribution < 1.29 is 9.18 Å². The number of benzene rings is 1. The van der Waals surface area contributed by atoms with Gasteiger partial charge in [-0.3, -0.25) is 9.20 Å². The Morgan fingerprint density at radius 1 is 1.29 bits per heavy atom. The number of aryl methyl sites for hydroxylation is 1. The number of fused-ring (bicyclic) bond motifs is 1. The summed E-state index contributed by atoms with van der Waals surface area (Å²) in [7, 11) is 0. The zero-order chi connectivity index (χ0) is 17.1. The molecule has 0 aliphatic heterocycles. The summed E-state index contributed by atoms with van der Waals surface area (Å²) < 4.78 is 14.6. The number of nitrogens with zero attached hydrogens (tertiary/aromatic N) is 2. The van der Waals surface area contributed by atoms with Gasteiger partial charge in [0, 0.05) is 23.8 Å². The van der Waals surface area contributed by atoms with Crippen molar-refractivity contribution in [3.63, 3.8) is 0 Å². The van der Waals surface area contributed by atoms with Crippen LogP contribution in [0.2, 0.25) is 5.02 Å². The second-order valence-corrected chi connectivity index (χ2v) is 5.90. The molecule has 0 spiro atoms. The lowest BCUT2D eigenvalue weighted by Gasteiger charge is -2.07. The number of carbonyl (C=O) groups excluding carboxylic acids is 1. The third-order valence-corrected chi connectivity index (χ3v) is 4.06. The van der Waals surface area contributed by atoms with Gasteiger partial charge in [0.1, 0.15) is 17.2 Å². The predicted molar refractivity (Wildman–Crippen MR) is 92.0 cm³/mol. The second-order valence-electron chi connectivity index (χ2n) is 5.47. The number of amides is 1. The van der Waals surface area contributed by atoms with Gasteiger partial charge in [-0.25, -0.2) is 9.37 Å². The summed E-state index contributed by atoms with van der Waals surface area (Å²) in [5.74, 6) is -0.441. The van der Waals surface area contributed by atoms with E-state index in [9.17, 15) is 9.18 Å². The van der Waals surface area contributed by atoms with Crippen molar-refractivity contribution in [2.45, 2.75) is 19.8 Å². The van der Waals surface area contributed by atoms with Gasteiger partial charge < -0.3 is 5.32 Å². The fraction of sp³-hybridized carbons (Fsp3) is 0.222. The molecule has 0 unspecified atom stereocenters. The summed E-state index contributed by atoms with van der Waals surface area (Å²) in [6, 6.07) is 9.73. The largest absolute Gasteiger partial charge is 0.350 e. The second kappa shape index (κ2) is 7.01. The maximum atomic E-state index is 12.9. The van der Waals surface area contributed by atoms with Crippen LogP contribution in [0, 0.1) is 5.82 Å². The molecule has 0 fully saturated rings. The molecule has 3 rings (SSSR count). The van der Waals surface area contributed by atoms with E-state index in [1.807, 2.05) is 6.92 Å². The molecule has 1 amide bonds. The van der Waals surface area contributed by atoms with Crippen LogP contribution in [0.5, 0.6) is 0 Å². The number of pyridine rings is 1. The highest BCUT2D eigenvalue weighted by atomic mass is 35.5. The number of nitrogens with one attached hydrogen (secondary N) is 1. The topological polar surface area (TPSA) is 46.4 Å². The molecule has 2 aromatic heterocycles. The highest BCUT2D eigenvalue weighted by molar-refractivity contribution is 6.30. The van der Waals surface area contributed by atoms with Crippen molar-refractivity contribution in [1.82, 2.24) is 14.7 Å². The van der Waals surface area contributed by atoms with Crippen LogP contribution in [0.1, 0.15) is 28.7 Å². The van der Waals surface area contributed by atoms with Crippen molar-refractivity contribution in [3.8, 4) is 0 Å². The molecule has 0 bridgehead atoms. The highest BCUT2D eigenvalue weighted by Gasteiger charge is 2.17. The van der Waals surface area contributed by atoms with Crippen LogP contribution in [0.4, 0.5) is 4.39 Å². The smallest absolute Gasteiger partial charge is 0.270 e. The molecule has 4 nitrogen and oxygen atoms in total. The summed E-state index contributed by atoms with van der Waals surface area (Å²) in [6.45, 7) is 2.42. The number of hydrogen-bond donors (Lipinski definition) is 1. The van der Waals surface area contributed by atoms with Gasteiger partial charge in [0.05, 0.1) is 5.69 Å². The average Bonchev–Trinajstić information content (AvgIpc) is 2.94. The number of halogens is 2. The van der Waals surface area contributed by atoms with Crippen LogP contribution < -0.4 is 5.32 Å². The van der Waals surface area contributed by atoms with Gasteiger partial charge in [-0.05, 0) is 36.6 Å². The molecule has 0 radical (unpaired) electrons. The lowest BCUT2D eigenvalue weighted by molar-refractivity contribution is 0.0947. The van der Waals surface area contributed by atoms with Gasteiger partial charge in [0.25, 0.3) is 5.91 Å². The van der Waals surface area contributed by atoms with E-state index in [1.165, 1.54) is 12.1 Å². The number of imidazole rings is 1. The number of rotatable bonds is 5. The highest BCUT2D eigenvalue weighted by Crippen LogP contribution is 2.17. The van der Waals surface area contributed by atoms with E-state index in [0.29, 0.717) is 35.8 Å². The van der Waals surface area contributed by atoms with Crippen molar-refractivity contribution in [3.05, 3.63) is 70.4 Å². The average molecular weight is 346 g/mol. The van der Waals surface area contributed by atoms with Crippen LogP contribution in [-0.4, -0.2) is 21.8 Å². The molecular formula is C18H17ClFN3O. The molecule has 1 N–H and O–H groups in total. The molecule has 0 aliphatic carbocycles. The van der Waals surface area contributed by atoms with Gasteiger partial charge in [-0.1, -0.05) is 30.7 Å². The lowest BCUT2D eigenvalue weighted by Crippen LogP contribution is -2.27. The SMILES string of the molecule is CCc1nc2cc(Cl)ccn2c1C(=O)NCCc1ccc(F)cc1. The van der Waals surface area contributed by atoms with Gasteiger partial charge in [-0.2, -0.15) is 0 Å². The first kappa shape index (κ1) is 16.5. The van der Waals surface area contributed by atoms with E-state index in [2.05, 4.69) is 10.3 Å². The standard InChI is InChI=1S/C18H17ClFN3O/c1-2-15-17(23-10-8-13(19)11-16(23)22-15)18(24)21-9-7-12-3-5-14(20)6-4-12/h3-6,8,10-11H,2,7,9H2,1H3,(H,21,24). The minimum absolute atomic E-state index is 0.177. The lowest BCUT2D eigenvalue weighted by atomic mass is 10.1. The summed E-state index contributed by atoms with van der Waals surface area (Å²) in [6.07, 6.45) is 3.04. The molecule has 24 heavy (non-hydrogen) atoms. The monoisotopic (exact) mass is 345 g/mol. The fourth-order valence-corrected chi connectivity index (χ4v) is 2.76. The molecule has 0 atom stereocenters. The Hall–Kier alpha value is -2.40. The Morgan fingerprint density at radius 2 is 2.04 bits per heavy atom. The van der Waals surface area contributed by atoms with Crippen molar-refractivity contribution in [1.29, 1.82) is 0 Å². The van der Waals surface area contributed by atoms with Crippen molar-refractivity contribution in [2.24, 2.45) is 0 Å². The summed E-state index contributed by atoms with van der Waals surface area (Å²) in [5.41, 5.74) is 2.89. The Labute approximate surface area is 144 Å². The van der Waals surface area contributed by atoms with Gasteiger partial charge in [-0.15, -0.1) is 0 Å². The molecule has 6 heteroatoms. The zero-order valence-electron chi connectivity index (χ0n) is 13.2. The maximum absolute atomic E-state index is 12.9. The summed E-state index contributed by atoms with van der Waals surface area (Å²) >= 11 is 5.99. The quantitative estimate of drug-likeness (QED) is 0.767. The first-order chi connectivity index (χ1) is 11.6. The van der Waals surface area contributed by atoms with Crippen LogP contribution >= 0.6 is 11.6 Å². The summed E-state index contributed by atoms with van der Waals surface area (Å²) in [4.78, 5) is 17.0. The molecular weight excluding hydrogens is 329 g/mol. The van der Waals surface area contributed by atoms with E-state index in [-0.39, 0.29) is 11.7 Å². The van der Waals surface area contributed by atoms with E-state index in [0.717, 1.165) is 11.3 Å². The van der Waals surface area contributed by atoms with Crippen molar-refractivity contribution in [2.75, 3.05) is 6.54 Å². The van der Waals surface area contributed by atoms with Crippen LogP contribution in [0.25, 0.3) is 5.65 Å². The Kier molecular flexibility index (Phi) is 4.81. The molecule has 2 heterocycles. The third kappa shape index (κ3) is 3.41. The number of aromatic nitrogens is 2. The van der Waals surface area contributed by atoms with E-state index >= 15 is 0 Å². The zero-order valence-corrected chi connectivity index (χ0v) is 14.0. The number of carbonyl (C=O) groups is 1. The minimum atomic E-state index is -0.264. The molecule has 3 aromatic rings. The minimum Gasteiger partial charge on any atom is -0.350 e. The molecule has 0 saturated heterocycles. The van der Waals surface area contributed by atoms with E-state index in [4.69, 9.17) is 11.6 Å². The van der Waals surface area contributed by atoms with Crippen molar-refractivity contribution >= 4 is 23.2 Å². The molecule has 124 valence electrons.